The van der Waals surface area contributed by atoms with Crippen molar-refractivity contribution in [2.24, 2.45) is 0 Å². The van der Waals surface area contributed by atoms with E-state index in [0.29, 0.717) is 73.9 Å². The Morgan fingerprint density at radius 1 is 0.818 bits per heavy atom. The summed E-state index contributed by atoms with van der Waals surface area (Å²) in [7, 11) is 0. The van der Waals surface area contributed by atoms with E-state index in [0.717, 1.165) is 23.3 Å². The molecule has 0 bridgehead atoms. The third-order valence-corrected chi connectivity index (χ3v) is 8.31. The number of halogens is 7. The summed E-state index contributed by atoms with van der Waals surface area (Å²) in [6, 6.07) is 18.3. The average Bonchev–Trinajstić information content (AvgIpc) is 3.47. The fourth-order valence-corrected chi connectivity index (χ4v) is 5.93. The van der Waals surface area contributed by atoms with Gasteiger partial charge in [-0.05, 0) is 90.6 Å². The average molecular weight is 681 g/mol. The molecule has 0 radical (unpaired) electrons. The monoisotopic (exact) mass is 679 g/mol. The molecule has 0 saturated heterocycles. The van der Waals surface area contributed by atoms with Crippen LogP contribution in [0.5, 0.6) is 5.75 Å². The zero-order chi connectivity index (χ0) is 31.4. The molecule has 1 aromatic heterocycles. The van der Waals surface area contributed by atoms with Crippen molar-refractivity contribution in [1.82, 2.24) is 4.98 Å². The number of rotatable bonds is 9. The lowest BCUT2D eigenvalue weighted by atomic mass is 9.97. The lowest BCUT2D eigenvalue weighted by Gasteiger charge is -2.17. The summed E-state index contributed by atoms with van der Waals surface area (Å²) in [5, 5.41) is 1.81. The molecule has 0 fully saturated rings. The standard InChI is InChI=1S/C33H24Cl4F3NO3/c34-22-10-7-19(27(36)16-22)13-14-43-31-12-9-21(33(38,39)40)15-26(31)24-3-1-4-25(24)29-5-2-6-30(41-29)32(42)44-18-20-8-11-23(35)17-28(20)37/h2,5-12,15-17H,1,3-4,13-14,18H2. The lowest BCUT2D eigenvalue weighted by Crippen LogP contribution is -2.09. The molecule has 0 unspecified atom stereocenters. The first-order valence-corrected chi connectivity index (χ1v) is 15.1. The third kappa shape index (κ3) is 7.70. The molecule has 0 aliphatic heterocycles. The van der Waals surface area contributed by atoms with Gasteiger partial charge < -0.3 is 9.47 Å². The number of allylic oxidation sites excluding steroid dienone is 2. The quantitative estimate of drug-likeness (QED) is 0.165. The molecule has 0 spiro atoms. The van der Waals surface area contributed by atoms with E-state index in [1.807, 2.05) is 0 Å². The number of ether oxygens (including phenoxy) is 2. The fourth-order valence-electron chi connectivity index (χ4n) is 4.96. The first-order valence-electron chi connectivity index (χ1n) is 13.6. The maximum atomic E-state index is 13.8. The van der Waals surface area contributed by atoms with Crippen molar-refractivity contribution in [2.45, 2.75) is 38.5 Å². The van der Waals surface area contributed by atoms with Crippen molar-refractivity contribution in [3.8, 4) is 5.75 Å². The summed E-state index contributed by atoms with van der Waals surface area (Å²) in [6.45, 7) is 0.0976. The normalized spacial score (nSPS) is 13.3. The summed E-state index contributed by atoms with van der Waals surface area (Å²) in [5.41, 5.74) is 2.90. The van der Waals surface area contributed by atoms with Crippen molar-refractivity contribution in [3.63, 3.8) is 0 Å². The fraction of sp³-hybridized carbons (Fsp3) is 0.212. The minimum absolute atomic E-state index is 0.0618. The summed E-state index contributed by atoms with van der Waals surface area (Å²) in [5.74, 6) is -0.352. The number of carbonyl (C=O) groups is 1. The van der Waals surface area contributed by atoms with Gasteiger partial charge >= 0.3 is 12.1 Å². The van der Waals surface area contributed by atoms with E-state index in [4.69, 9.17) is 55.9 Å². The second-order valence-electron chi connectivity index (χ2n) is 10.1. The molecule has 0 amide bonds. The van der Waals surface area contributed by atoms with Gasteiger partial charge in [-0.2, -0.15) is 13.2 Å². The van der Waals surface area contributed by atoms with Crippen LogP contribution in [0.2, 0.25) is 20.1 Å². The van der Waals surface area contributed by atoms with Crippen LogP contribution in [0.1, 0.15) is 57.7 Å². The molecule has 0 atom stereocenters. The summed E-state index contributed by atoms with van der Waals surface area (Å²) in [4.78, 5) is 17.4. The van der Waals surface area contributed by atoms with Gasteiger partial charge in [-0.25, -0.2) is 9.78 Å². The largest absolute Gasteiger partial charge is 0.493 e. The Balaban J connectivity index is 1.42. The molecule has 11 heteroatoms. The number of aromatic nitrogens is 1. The van der Waals surface area contributed by atoms with Gasteiger partial charge in [-0.3, -0.25) is 0 Å². The molecule has 4 nitrogen and oxygen atoms in total. The van der Waals surface area contributed by atoms with Crippen LogP contribution in [-0.2, 0) is 23.9 Å². The highest BCUT2D eigenvalue weighted by molar-refractivity contribution is 6.35. The molecule has 228 valence electrons. The second kappa shape index (κ2) is 13.8. The van der Waals surface area contributed by atoms with Crippen LogP contribution in [0.15, 0.2) is 72.8 Å². The zero-order valence-corrected chi connectivity index (χ0v) is 26.0. The Morgan fingerprint density at radius 3 is 2.18 bits per heavy atom. The van der Waals surface area contributed by atoms with Gasteiger partial charge in [-0.1, -0.05) is 64.6 Å². The number of esters is 1. The van der Waals surface area contributed by atoms with E-state index in [1.165, 1.54) is 12.1 Å². The number of benzene rings is 3. The summed E-state index contributed by atoms with van der Waals surface area (Å²) < 4.78 is 52.8. The molecule has 3 aromatic carbocycles. The van der Waals surface area contributed by atoms with Crippen molar-refractivity contribution in [2.75, 3.05) is 6.61 Å². The van der Waals surface area contributed by atoms with Crippen molar-refractivity contribution >= 4 is 63.5 Å². The third-order valence-electron chi connectivity index (χ3n) is 7.14. The number of hydrogen-bond donors (Lipinski definition) is 0. The Kier molecular flexibility index (Phi) is 10.1. The molecular formula is C33H24Cl4F3NO3. The summed E-state index contributed by atoms with van der Waals surface area (Å²) in [6.07, 6.45) is -2.33. The van der Waals surface area contributed by atoms with Gasteiger partial charge in [0.25, 0.3) is 0 Å². The minimum atomic E-state index is -4.54. The maximum Gasteiger partial charge on any atom is 0.416 e. The smallest absolute Gasteiger partial charge is 0.416 e. The van der Waals surface area contributed by atoms with E-state index in [-0.39, 0.29) is 18.9 Å². The van der Waals surface area contributed by atoms with Crippen molar-refractivity contribution < 1.29 is 27.4 Å². The van der Waals surface area contributed by atoms with Gasteiger partial charge in [0.05, 0.1) is 17.9 Å². The SMILES string of the molecule is O=C(OCc1ccc(Cl)cc1Cl)c1cccc(C2=C(c3cc(C(F)(F)F)ccc3OCCc3ccc(Cl)cc3Cl)CCC2)n1. The van der Waals surface area contributed by atoms with Gasteiger partial charge in [0.1, 0.15) is 18.1 Å². The topological polar surface area (TPSA) is 48.4 Å². The van der Waals surface area contributed by atoms with Crippen LogP contribution in [-0.4, -0.2) is 17.6 Å². The molecule has 1 heterocycles. The van der Waals surface area contributed by atoms with Crippen LogP contribution in [0.4, 0.5) is 13.2 Å². The lowest BCUT2D eigenvalue weighted by molar-refractivity contribution is -0.137. The molecule has 1 aliphatic carbocycles. The van der Waals surface area contributed by atoms with Crippen LogP contribution >= 0.6 is 46.4 Å². The molecule has 5 rings (SSSR count). The molecule has 1 aliphatic rings. The predicted molar refractivity (Wildman–Crippen MR) is 168 cm³/mol. The van der Waals surface area contributed by atoms with E-state index < -0.39 is 17.7 Å². The Labute approximate surface area is 272 Å². The number of alkyl halides is 3. The van der Waals surface area contributed by atoms with E-state index >= 15 is 0 Å². The molecular weight excluding hydrogens is 657 g/mol. The Bertz CT molecular complexity index is 1740. The van der Waals surface area contributed by atoms with Crippen LogP contribution in [0.25, 0.3) is 11.1 Å². The highest BCUT2D eigenvalue weighted by Gasteiger charge is 2.32. The van der Waals surface area contributed by atoms with Gasteiger partial charge in [0.2, 0.25) is 0 Å². The van der Waals surface area contributed by atoms with Crippen LogP contribution in [0, 0.1) is 0 Å². The highest BCUT2D eigenvalue weighted by atomic mass is 35.5. The Hall–Kier alpha value is -3.23. The number of pyridine rings is 1. The van der Waals surface area contributed by atoms with Crippen molar-refractivity contribution in [1.29, 1.82) is 0 Å². The van der Waals surface area contributed by atoms with Gasteiger partial charge in [0, 0.05) is 37.6 Å². The Morgan fingerprint density at radius 2 is 1.50 bits per heavy atom. The predicted octanol–water partition coefficient (Wildman–Crippen LogP) is 10.8. The molecule has 4 aromatic rings. The van der Waals surface area contributed by atoms with Crippen LogP contribution in [0.3, 0.4) is 0 Å². The zero-order valence-electron chi connectivity index (χ0n) is 23.0. The molecule has 44 heavy (non-hydrogen) atoms. The number of carbonyl (C=O) groups excluding carboxylic acids is 1. The van der Waals surface area contributed by atoms with Gasteiger partial charge in [0.15, 0.2) is 0 Å². The first kappa shape index (κ1) is 32.2. The highest BCUT2D eigenvalue weighted by Crippen LogP contribution is 2.44. The van der Waals surface area contributed by atoms with Crippen LogP contribution < -0.4 is 4.74 Å². The molecule has 0 saturated carbocycles. The second-order valence-corrected chi connectivity index (χ2v) is 11.8. The molecule has 0 N–H and O–H groups in total. The van der Waals surface area contributed by atoms with E-state index in [1.54, 1.807) is 48.5 Å². The van der Waals surface area contributed by atoms with Crippen molar-refractivity contribution in [3.05, 3.63) is 127 Å². The number of nitrogens with zero attached hydrogens (tertiary/aromatic N) is 1. The van der Waals surface area contributed by atoms with E-state index in [2.05, 4.69) is 4.98 Å². The van der Waals surface area contributed by atoms with E-state index in [9.17, 15) is 18.0 Å². The summed E-state index contributed by atoms with van der Waals surface area (Å²) >= 11 is 24.4. The maximum absolute atomic E-state index is 13.8. The first-order chi connectivity index (χ1) is 21.0. The van der Waals surface area contributed by atoms with Gasteiger partial charge in [-0.15, -0.1) is 0 Å². The number of hydrogen-bond acceptors (Lipinski definition) is 4. The minimum Gasteiger partial charge on any atom is -0.493 e.